The van der Waals surface area contributed by atoms with Crippen LogP contribution in [-0.4, -0.2) is 28.0 Å². The van der Waals surface area contributed by atoms with Crippen LogP contribution in [0.3, 0.4) is 0 Å². The maximum Gasteiger partial charge on any atom is 0.200 e. The van der Waals surface area contributed by atoms with Gasteiger partial charge in [0.2, 0.25) is 0 Å². The summed E-state index contributed by atoms with van der Waals surface area (Å²) in [4.78, 5) is 15.3. The highest BCUT2D eigenvalue weighted by atomic mass is 35.5. The molecule has 4 rings (SSSR count). The number of fused-ring (bicyclic) bond motifs is 1. The lowest BCUT2D eigenvalue weighted by Crippen LogP contribution is -2.35. The van der Waals surface area contributed by atoms with E-state index in [-0.39, 0.29) is 5.92 Å². The van der Waals surface area contributed by atoms with Gasteiger partial charge in [0.15, 0.2) is 11.5 Å². The first kappa shape index (κ1) is 13.5. The summed E-state index contributed by atoms with van der Waals surface area (Å²) < 4.78 is 5.92. The minimum absolute atomic E-state index is 0.266. The van der Waals surface area contributed by atoms with Crippen molar-refractivity contribution in [2.75, 3.05) is 18.0 Å². The normalized spacial score (nSPS) is 18.8. The molecule has 0 spiro atoms. The third-order valence-corrected chi connectivity index (χ3v) is 4.18. The molecule has 22 heavy (non-hydrogen) atoms. The lowest BCUT2D eigenvalue weighted by atomic mass is 9.98. The summed E-state index contributed by atoms with van der Waals surface area (Å²) in [5, 5.41) is 0.418. The van der Waals surface area contributed by atoms with Crippen LogP contribution in [0.1, 0.15) is 24.7 Å². The molecule has 2 aromatic heterocycles. The van der Waals surface area contributed by atoms with Gasteiger partial charge in [-0.05, 0) is 25.0 Å². The molecule has 1 aromatic carbocycles. The topological polar surface area (TPSA) is 55.1 Å². The second kappa shape index (κ2) is 5.57. The summed E-state index contributed by atoms with van der Waals surface area (Å²) in [6.45, 7) is 1.77. The van der Waals surface area contributed by atoms with Crippen LogP contribution in [0.5, 0.6) is 0 Å². The predicted molar refractivity (Wildman–Crippen MR) is 85.2 cm³/mol. The van der Waals surface area contributed by atoms with E-state index in [1.807, 2.05) is 24.3 Å². The molecule has 1 unspecified atom stereocenters. The molecule has 1 fully saturated rings. The summed E-state index contributed by atoms with van der Waals surface area (Å²) in [6.07, 6.45) is 5.43. The highest BCUT2D eigenvalue weighted by Crippen LogP contribution is 2.30. The summed E-state index contributed by atoms with van der Waals surface area (Å²) in [6, 6.07) is 7.87. The fourth-order valence-corrected chi connectivity index (χ4v) is 3.08. The lowest BCUT2D eigenvalue weighted by molar-refractivity contribution is 0.412. The fraction of sp³-hybridized carbons (Fsp3) is 0.312. The number of piperidine rings is 1. The molecule has 112 valence electrons. The molecule has 0 amide bonds. The van der Waals surface area contributed by atoms with E-state index in [9.17, 15) is 0 Å². The van der Waals surface area contributed by atoms with E-state index in [2.05, 4.69) is 19.9 Å². The molecule has 1 atom stereocenters. The Kier molecular flexibility index (Phi) is 3.42. The van der Waals surface area contributed by atoms with Crippen molar-refractivity contribution in [3.63, 3.8) is 0 Å². The van der Waals surface area contributed by atoms with Crippen LogP contribution in [0.25, 0.3) is 11.1 Å². The number of nitrogens with zero attached hydrogens (tertiary/aromatic N) is 4. The number of hydrogen-bond acceptors (Lipinski definition) is 5. The van der Waals surface area contributed by atoms with Crippen molar-refractivity contribution in [1.29, 1.82) is 0 Å². The highest BCUT2D eigenvalue weighted by molar-refractivity contribution is 6.29. The Balaban J connectivity index is 1.60. The fourth-order valence-electron chi connectivity index (χ4n) is 2.94. The van der Waals surface area contributed by atoms with Crippen LogP contribution in [0, 0.1) is 0 Å². The van der Waals surface area contributed by atoms with Gasteiger partial charge in [-0.2, -0.15) is 0 Å². The Bertz CT molecular complexity index is 770. The van der Waals surface area contributed by atoms with Gasteiger partial charge in [0.25, 0.3) is 0 Å². The lowest BCUT2D eigenvalue weighted by Gasteiger charge is -2.31. The molecule has 3 aromatic rings. The largest absolute Gasteiger partial charge is 0.440 e. The Morgan fingerprint density at radius 1 is 1.18 bits per heavy atom. The maximum absolute atomic E-state index is 5.94. The van der Waals surface area contributed by atoms with Crippen molar-refractivity contribution in [3.8, 4) is 0 Å². The highest BCUT2D eigenvalue weighted by Gasteiger charge is 2.26. The van der Waals surface area contributed by atoms with E-state index in [1.165, 1.54) is 0 Å². The Hall–Kier alpha value is -2.14. The average Bonchev–Trinajstić information content (AvgIpc) is 2.99. The Morgan fingerprint density at radius 3 is 2.95 bits per heavy atom. The molecule has 0 saturated carbocycles. The zero-order chi connectivity index (χ0) is 14.9. The van der Waals surface area contributed by atoms with Crippen LogP contribution < -0.4 is 4.90 Å². The van der Waals surface area contributed by atoms with Crippen LogP contribution in [0.4, 0.5) is 5.82 Å². The molecule has 1 saturated heterocycles. The van der Waals surface area contributed by atoms with Crippen molar-refractivity contribution in [2.45, 2.75) is 18.8 Å². The van der Waals surface area contributed by atoms with Gasteiger partial charge >= 0.3 is 0 Å². The summed E-state index contributed by atoms with van der Waals surface area (Å²) >= 11 is 5.94. The number of benzene rings is 1. The molecule has 5 nitrogen and oxygen atoms in total. The molecule has 0 N–H and O–H groups in total. The third kappa shape index (κ3) is 2.52. The Morgan fingerprint density at radius 2 is 2.09 bits per heavy atom. The molecule has 0 aliphatic carbocycles. The number of rotatable bonds is 2. The molecule has 3 heterocycles. The van der Waals surface area contributed by atoms with Crippen LogP contribution in [-0.2, 0) is 0 Å². The van der Waals surface area contributed by atoms with Gasteiger partial charge in [0.1, 0.15) is 16.5 Å². The third-order valence-electron chi connectivity index (χ3n) is 4.00. The van der Waals surface area contributed by atoms with Crippen molar-refractivity contribution < 1.29 is 4.42 Å². The second-order valence-electron chi connectivity index (χ2n) is 5.50. The molecule has 1 aliphatic rings. The van der Waals surface area contributed by atoms with Gasteiger partial charge in [0.05, 0.1) is 18.3 Å². The summed E-state index contributed by atoms with van der Waals surface area (Å²) in [5.74, 6) is 1.89. The smallest absolute Gasteiger partial charge is 0.200 e. The number of anilines is 1. The summed E-state index contributed by atoms with van der Waals surface area (Å²) in [5.41, 5.74) is 1.76. The van der Waals surface area contributed by atoms with E-state index < -0.39 is 0 Å². The number of aromatic nitrogens is 3. The van der Waals surface area contributed by atoms with E-state index in [4.69, 9.17) is 16.0 Å². The van der Waals surface area contributed by atoms with E-state index in [0.717, 1.165) is 48.7 Å². The quantitative estimate of drug-likeness (QED) is 0.722. The minimum atomic E-state index is 0.266. The standard InChI is InChI=1S/C16H15ClN4O/c17-14-8-18-9-15(20-14)21-7-3-4-11(10-21)16-19-12-5-1-2-6-13(12)22-16/h1-2,5-6,8-9,11H,3-4,7,10H2. The van der Waals surface area contributed by atoms with Crippen LogP contribution in [0.2, 0.25) is 5.15 Å². The maximum atomic E-state index is 5.94. The zero-order valence-electron chi connectivity index (χ0n) is 11.9. The first-order valence-electron chi connectivity index (χ1n) is 7.37. The molecule has 0 bridgehead atoms. The molecular formula is C16H15ClN4O. The summed E-state index contributed by atoms with van der Waals surface area (Å²) in [7, 11) is 0. The van der Waals surface area contributed by atoms with Crippen molar-refractivity contribution in [2.24, 2.45) is 0 Å². The van der Waals surface area contributed by atoms with Gasteiger partial charge in [0, 0.05) is 13.1 Å². The van der Waals surface area contributed by atoms with Gasteiger partial charge in [-0.3, -0.25) is 4.98 Å². The van der Waals surface area contributed by atoms with Gasteiger partial charge in [-0.25, -0.2) is 9.97 Å². The molecule has 6 heteroatoms. The number of hydrogen-bond donors (Lipinski definition) is 0. The van der Waals surface area contributed by atoms with E-state index in [0.29, 0.717) is 5.15 Å². The first-order chi connectivity index (χ1) is 10.8. The predicted octanol–water partition coefficient (Wildman–Crippen LogP) is 3.66. The minimum Gasteiger partial charge on any atom is -0.440 e. The Labute approximate surface area is 133 Å². The molecule has 0 radical (unpaired) electrons. The van der Waals surface area contributed by atoms with Crippen LogP contribution >= 0.6 is 11.6 Å². The average molecular weight is 315 g/mol. The van der Waals surface area contributed by atoms with Gasteiger partial charge in [-0.1, -0.05) is 23.7 Å². The second-order valence-corrected chi connectivity index (χ2v) is 5.89. The molecule has 1 aliphatic heterocycles. The number of para-hydroxylation sites is 2. The first-order valence-corrected chi connectivity index (χ1v) is 7.75. The van der Waals surface area contributed by atoms with Crippen molar-refractivity contribution in [3.05, 3.63) is 47.7 Å². The van der Waals surface area contributed by atoms with Gasteiger partial charge in [-0.15, -0.1) is 0 Å². The number of halogens is 1. The SMILES string of the molecule is Clc1cncc(N2CCCC(c3nc4ccccc4o3)C2)n1. The monoisotopic (exact) mass is 314 g/mol. The molecular weight excluding hydrogens is 300 g/mol. The van der Waals surface area contributed by atoms with E-state index >= 15 is 0 Å². The van der Waals surface area contributed by atoms with Gasteiger partial charge < -0.3 is 9.32 Å². The van der Waals surface area contributed by atoms with Crippen molar-refractivity contribution in [1.82, 2.24) is 15.0 Å². The zero-order valence-corrected chi connectivity index (χ0v) is 12.7. The number of oxazole rings is 1. The van der Waals surface area contributed by atoms with E-state index in [1.54, 1.807) is 12.4 Å². The van der Waals surface area contributed by atoms with Crippen molar-refractivity contribution >= 4 is 28.5 Å². The van der Waals surface area contributed by atoms with Crippen LogP contribution in [0.15, 0.2) is 41.1 Å².